The van der Waals surface area contributed by atoms with Crippen LogP contribution in [0.1, 0.15) is 6.92 Å². The molecule has 0 aliphatic rings. The summed E-state index contributed by atoms with van der Waals surface area (Å²) in [5.74, 6) is 0.298. The zero-order valence-corrected chi connectivity index (χ0v) is 14.0. The van der Waals surface area contributed by atoms with Crippen LogP contribution in [0.3, 0.4) is 0 Å². The summed E-state index contributed by atoms with van der Waals surface area (Å²) in [5, 5.41) is 8.09. The number of carbonyl (C=O) groups is 1. The standard InChI is InChI=1S/C16H18N6OS/c1-12(9-22-6-5-18-11-22)7-19-15(23)21-16-20-14(10-24-16)13-3-2-4-17-8-13/h2-6,8,10-12H,7,9H2,1H3,(H2,19,20,21,23). The van der Waals surface area contributed by atoms with Gasteiger partial charge < -0.3 is 9.88 Å². The fourth-order valence-electron chi connectivity index (χ4n) is 2.21. The van der Waals surface area contributed by atoms with Crippen molar-refractivity contribution in [1.29, 1.82) is 0 Å². The summed E-state index contributed by atoms with van der Waals surface area (Å²) in [6, 6.07) is 3.54. The molecule has 0 radical (unpaired) electrons. The van der Waals surface area contributed by atoms with E-state index in [1.807, 2.05) is 28.3 Å². The summed E-state index contributed by atoms with van der Waals surface area (Å²) >= 11 is 1.39. The number of thiazole rings is 1. The molecule has 3 aromatic heterocycles. The van der Waals surface area contributed by atoms with Gasteiger partial charge in [-0.1, -0.05) is 6.92 Å². The first-order valence-corrected chi connectivity index (χ1v) is 8.45. The number of hydrogen-bond donors (Lipinski definition) is 2. The van der Waals surface area contributed by atoms with Crippen molar-refractivity contribution in [1.82, 2.24) is 24.8 Å². The second-order valence-corrected chi connectivity index (χ2v) is 6.34. The Bertz CT molecular complexity index is 771. The summed E-state index contributed by atoms with van der Waals surface area (Å²) in [4.78, 5) is 24.5. The highest BCUT2D eigenvalue weighted by atomic mass is 32.1. The molecule has 0 spiro atoms. The van der Waals surface area contributed by atoms with Crippen molar-refractivity contribution < 1.29 is 4.79 Å². The Labute approximate surface area is 143 Å². The maximum absolute atomic E-state index is 12.0. The molecule has 0 bridgehead atoms. The quantitative estimate of drug-likeness (QED) is 0.721. The summed E-state index contributed by atoms with van der Waals surface area (Å²) in [7, 11) is 0. The van der Waals surface area contributed by atoms with E-state index in [1.54, 1.807) is 24.9 Å². The van der Waals surface area contributed by atoms with E-state index in [9.17, 15) is 4.79 Å². The number of rotatable bonds is 6. The number of imidazole rings is 1. The number of amides is 2. The van der Waals surface area contributed by atoms with Crippen LogP contribution in [0.2, 0.25) is 0 Å². The normalized spacial score (nSPS) is 11.9. The van der Waals surface area contributed by atoms with Gasteiger partial charge in [-0.2, -0.15) is 0 Å². The molecule has 3 heterocycles. The summed E-state index contributed by atoms with van der Waals surface area (Å²) in [6.07, 6.45) is 8.89. The Morgan fingerprint density at radius 3 is 3.04 bits per heavy atom. The molecule has 24 heavy (non-hydrogen) atoms. The predicted octanol–water partition coefficient (Wildman–Crippen LogP) is 2.86. The van der Waals surface area contributed by atoms with Gasteiger partial charge in [0, 0.05) is 48.8 Å². The molecule has 0 aromatic carbocycles. The first-order valence-electron chi connectivity index (χ1n) is 7.57. The van der Waals surface area contributed by atoms with Gasteiger partial charge in [0.1, 0.15) is 0 Å². The maximum atomic E-state index is 12.0. The van der Waals surface area contributed by atoms with E-state index in [2.05, 4.69) is 32.5 Å². The number of nitrogens with zero attached hydrogens (tertiary/aromatic N) is 4. The van der Waals surface area contributed by atoms with Gasteiger partial charge in [0.2, 0.25) is 0 Å². The van der Waals surface area contributed by atoms with E-state index in [1.165, 1.54) is 11.3 Å². The number of urea groups is 1. The fourth-order valence-corrected chi connectivity index (χ4v) is 2.92. The van der Waals surface area contributed by atoms with E-state index < -0.39 is 0 Å². The Morgan fingerprint density at radius 2 is 2.29 bits per heavy atom. The molecule has 3 aromatic rings. The molecule has 0 saturated heterocycles. The van der Waals surface area contributed by atoms with Gasteiger partial charge in [-0.15, -0.1) is 11.3 Å². The molecule has 2 N–H and O–H groups in total. The lowest BCUT2D eigenvalue weighted by Crippen LogP contribution is -2.33. The minimum Gasteiger partial charge on any atom is -0.337 e. The first kappa shape index (κ1) is 16.1. The average Bonchev–Trinajstić information content (AvgIpc) is 3.26. The second-order valence-electron chi connectivity index (χ2n) is 5.48. The Kier molecular flexibility index (Phi) is 5.17. The van der Waals surface area contributed by atoms with E-state index in [0.29, 0.717) is 17.6 Å². The average molecular weight is 342 g/mol. The largest absolute Gasteiger partial charge is 0.337 e. The van der Waals surface area contributed by atoms with E-state index in [-0.39, 0.29) is 6.03 Å². The molecular weight excluding hydrogens is 324 g/mol. The monoisotopic (exact) mass is 342 g/mol. The maximum Gasteiger partial charge on any atom is 0.321 e. The van der Waals surface area contributed by atoms with E-state index in [4.69, 9.17) is 0 Å². The molecule has 0 aliphatic heterocycles. The van der Waals surface area contributed by atoms with Crippen molar-refractivity contribution in [3.8, 4) is 11.3 Å². The van der Waals surface area contributed by atoms with Crippen molar-refractivity contribution in [2.45, 2.75) is 13.5 Å². The highest BCUT2D eigenvalue weighted by Gasteiger charge is 2.09. The smallest absolute Gasteiger partial charge is 0.321 e. The van der Waals surface area contributed by atoms with Crippen molar-refractivity contribution in [3.63, 3.8) is 0 Å². The molecule has 0 saturated carbocycles. The lowest BCUT2D eigenvalue weighted by atomic mass is 10.2. The van der Waals surface area contributed by atoms with Gasteiger partial charge in [0.25, 0.3) is 0 Å². The third-order valence-electron chi connectivity index (χ3n) is 3.37. The topological polar surface area (TPSA) is 84.7 Å². The van der Waals surface area contributed by atoms with Crippen LogP contribution in [-0.2, 0) is 6.54 Å². The molecule has 8 heteroatoms. The molecule has 2 amide bonds. The molecule has 0 aliphatic carbocycles. The summed E-state index contributed by atoms with van der Waals surface area (Å²) in [5.41, 5.74) is 1.73. The van der Waals surface area contributed by atoms with Crippen molar-refractivity contribution in [2.24, 2.45) is 5.92 Å². The van der Waals surface area contributed by atoms with Crippen LogP contribution in [0.4, 0.5) is 9.93 Å². The van der Waals surface area contributed by atoms with Crippen LogP contribution in [-0.4, -0.2) is 32.1 Å². The van der Waals surface area contributed by atoms with Gasteiger partial charge in [-0.3, -0.25) is 10.3 Å². The van der Waals surface area contributed by atoms with E-state index in [0.717, 1.165) is 17.8 Å². The molecule has 1 unspecified atom stereocenters. The van der Waals surface area contributed by atoms with Gasteiger partial charge in [0.15, 0.2) is 5.13 Å². The summed E-state index contributed by atoms with van der Waals surface area (Å²) in [6.45, 7) is 3.46. The number of carbonyl (C=O) groups excluding carboxylic acids is 1. The number of hydrogen-bond acceptors (Lipinski definition) is 5. The van der Waals surface area contributed by atoms with Crippen molar-refractivity contribution in [2.75, 3.05) is 11.9 Å². The molecule has 1 atom stereocenters. The molecule has 124 valence electrons. The molecule has 0 fully saturated rings. The Morgan fingerprint density at radius 1 is 1.38 bits per heavy atom. The fraction of sp³-hybridized carbons (Fsp3) is 0.250. The molecule has 7 nitrogen and oxygen atoms in total. The van der Waals surface area contributed by atoms with Gasteiger partial charge in [0.05, 0.1) is 12.0 Å². The SMILES string of the molecule is CC(CNC(=O)Nc1nc(-c2cccnc2)cs1)Cn1ccnc1. The predicted molar refractivity (Wildman–Crippen MR) is 93.8 cm³/mol. The van der Waals surface area contributed by atoms with Crippen molar-refractivity contribution in [3.05, 3.63) is 48.6 Å². The first-order chi connectivity index (χ1) is 11.7. The van der Waals surface area contributed by atoms with Crippen molar-refractivity contribution >= 4 is 22.5 Å². The zero-order valence-electron chi connectivity index (χ0n) is 13.2. The second kappa shape index (κ2) is 7.69. The summed E-state index contributed by atoms with van der Waals surface area (Å²) < 4.78 is 1.99. The minimum absolute atomic E-state index is 0.250. The third-order valence-corrected chi connectivity index (χ3v) is 4.13. The highest BCUT2D eigenvalue weighted by molar-refractivity contribution is 7.14. The van der Waals surface area contributed by atoms with Gasteiger partial charge in [-0.25, -0.2) is 14.8 Å². The Hall–Kier alpha value is -2.74. The Balaban J connectivity index is 1.47. The molecular formula is C16H18N6OS. The minimum atomic E-state index is -0.250. The number of anilines is 1. The third kappa shape index (κ3) is 4.39. The lowest BCUT2D eigenvalue weighted by molar-refractivity contribution is 0.250. The number of pyridine rings is 1. The van der Waals surface area contributed by atoms with Crippen LogP contribution in [0.25, 0.3) is 11.3 Å². The van der Waals surface area contributed by atoms with Gasteiger partial charge >= 0.3 is 6.03 Å². The van der Waals surface area contributed by atoms with Crippen LogP contribution < -0.4 is 10.6 Å². The lowest BCUT2D eigenvalue weighted by Gasteiger charge is -2.13. The van der Waals surface area contributed by atoms with Crippen LogP contribution in [0.5, 0.6) is 0 Å². The van der Waals surface area contributed by atoms with Crippen LogP contribution >= 0.6 is 11.3 Å². The number of nitrogens with one attached hydrogen (secondary N) is 2. The van der Waals surface area contributed by atoms with Gasteiger partial charge in [-0.05, 0) is 18.1 Å². The van der Waals surface area contributed by atoms with Crippen LogP contribution in [0, 0.1) is 5.92 Å². The highest BCUT2D eigenvalue weighted by Crippen LogP contribution is 2.23. The van der Waals surface area contributed by atoms with Crippen LogP contribution in [0.15, 0.2) is 48.6 Å². The zero-order chi connectivity index (χ0) is 16.8. The number of aromatic nitrogens is 4. The molecule has 3 rings (SSSR count). The van der Waals surface area contributed by atoms with E-state index >= 15 is 0 Å².